The van der Waals surface area contributed by atoms with Crippen molar-refractivity contribution in [3.8, 4) is 0 Å². The van der Waals surface area contributed by atoms with Gasteiger partial charge in [-0.2, -0.15) is 0 Å². The molecular weight excluding hydrogens is 498 g/mol. The number of benzene rings is 3. The molecule has 0 radical (unpaired) electrons. The zero-order valence-corrected chi connectivity index (χ0v) is 22.3. The van der Waals surface area contributed by atoms with Crippen LogP contribution in [0, 0.1) is 13.8 Å². The molecule has 1 N–H and O–H groups in total. The van der Waals surface area contributed by atoms with E-state index >= 15 is 0 Å². The van der Waals surface area contributed by atoms with Crippen LogP contribution in [0.3, 0.4) is 0 Å². The number of nitrogens with zero attached hydrogens (tertiary/aromatic N) is 2. The lowest BCUT2D eigenvalue weighted by Gasteiger charge is -2.32. The molecule has 7 nitrogen and oxygen atoms in total. The Hall–Kier alpha value is -3.36. The van der Waals surface area contributed by atoms with Crippen molar-refractivity contribution in [3.63, 3.8) is 0 Å². The molecule has 0 saturated heterocycles. The predicted molar refractivity (Wildman–Crippen MR) is 142 cm³/mol. The number of halogens is 1. The third-order valence-corrected chi connectivity index (χ3v) is 7.95. The van der Waals surface area contributed by atoms with Crippen molar-refractivity contribution >= 4 is 39.1 Å². The molecule has 0 saturated carbocycles. The van der Waals surface area contributed by atoms with Crippen molar-refractivity contribution < 1.29 is 18.0 Å². The summed E-state index contributed by atoms with van der Waals surface area (Å²) < 4.78 is 28.7. The minimum atomic E-state index is -4.08. The summed E-state index contributed by atoms with van der Waals surface area (Å²) in [6.07, 6.45) is 0. The number of carbonyl (C=O) groups excluding carboxylic acids is 2. The maximum atomic E-state index is 13.8. The molecule has 1 unspecified atom stereocenters. The van der Waals surface area contributed by atoms with Gasteiger partial charge in [0.15, 0.2) is 0 Å². The summed E-state index contributed by atoms with van der Waals surface area (Å²) in [6, 6.07) is 19.5. The fourth-order valence-electron chi connectivity index (χ4n) is 3.80. The summed E-state index contributed by atoms with van der Waals surface area (Å²) in [5.41, 5.74) is 2.73. The molecule has 1 atom stereocenters. The van der Waals surface area contributed by atoms with E-state index < -0.39 is 28.5 Å². The van der Waals surface area contributed by atoms with Gasteiger partial charge in [-0.3, -0.25) is 13.9 Å². The van der Waals surface area contributed by atoms with Gasteiger partial charge in [-0.1, -0.05) is 54.1 Å². The molecule has 0 heterocycles. The van der Waals surface area contributed by atoms with Crippen LogP contribution in [0.4, 0.5) is 5.69 Å². The third kappa shape index (κ3) is 6.25. The predicted octanol–water partition coefficient (Wildman–Crippen LogP) is 4.32. The SMILES string of the molecule is CNC(=O)C(C)N(Cc1ccc(Cl)cc1)C(=O)CN(c1cc(C)ccc1C)S(=O)(=O)c1ccccc1. The first kappa shape index (κ1) is 27.2. The number of sulfonamides is 1. The van der Waals surface area contributed by atoms with Crippen LogP contribution in [-0.4, -0.2) is 44.8 Å². The maximum absolute atomic E-state index is 13.8. The molecule has 0 aliphatic carbocycles. The van der Waals surface area contributed by atoms with E-state index in [2.05, 4.69) is 5.32 Å². The van der Waals surface area contributed by atoms with E-state index in [-0.39, 0.29) is 17.3 Å². The summed E-state index contributed by atoms with van der Waals surface area (Å²) in [6.45, 7) is 4.90. The summed E-state index contributed by atoms with van der Waals surface area (Å²) >= 11 is 6.00. The normalized spacial score (nSPS) is 12.0. The van der Waals surface area contributed by atoms with E-state index in [1.807, 2.05) is 19.1 Å². The topological polar surface area (TPSA) is 86.8 Å². The Morgan fingerprint density at radius 1 is 0.972 bits per heavy atom. The number of carbonyl (C=O) groups is 2. The highest BCUT2D eigenvalue weighted by Gasteiger charge is 2.32. The van der Waals surface area contributed by atoms with Crippen LogP contribution in [-0.2, 0) is 26.2 Å². The first-order chi connectivity index (χ1) is 17.0. The van der Waals surface area contributed by atoms with Crippen LogP contribution in [0.25, 0.3) is 0 Å². The van der Waals surface area contributed by atoms with E-state index in [9.17, 15) is 18.0 Å². The van der Waals surface area contributed by atoms with Gasteiger partial charge in [-0.15, -0.1) is 0 Å². The fourth-order valence-corrected chi connectivity index (χ4v) is 5.42. The lowest BCUT2D eigenvalue weighted by atomic mass is 10.1. The highest BCUT2D eigenvalue weighted by Crippen LogP contribution is 2.28. The van der Waals surface area contributed by atoms with Crippen LogP contribution in [0.15, 0.2) is 77.7 Å². The maximum Gasteiger partial charge on any atom is 0.264 e. The molecule has 0 spiro atoms. The number of amides is 2. The molecule has 2 amide bonds. The smallest absolute Gasteiger partial charge is 0.264 e. The van der Waals surface area contributed by atoms with Crippen molar-refractivity contribution in [2.24, 2.45) is 0 Å². The van der Waals surface area contributed by atoms with E-state index in [0.717, 1.165) is 15.4 Å². The lowest BCUT2D eigenvalue weighted by molar-refractivity contribution is -0.139. The van der Waals surface area contributed by atoms with Gasteiger partial charge in [0.2, 0.25) is 11.8 Å². The Morgan fingerprint density at radius 3 is 2.22 bits per heavy atom. The second-order valence-electron chi connectivity index (χ2n) is 8.55. The summed E-state index contributed by atoms with van der Waals surface area (Å²) in [5, 5.41) is 3.11. The highest BCUT2D eigenvalue weighted by molar-refractivity contribution is 7.92. The number of likely N-dealkylation sites (N-methyl/N-ethyl adjacent to an activating group) is 1. The molecule has 3 rings (SSSR count). The van der Waals surface area contributed by atoms with Crippen LogP contribution in [0.5, 0.6) is 0 Å². The zero-order chi connectivity index (χ0) is 26.5. The van der Waals surface area contributed by atoms with Gasteiger partial charge in [0.25, 0.3) is 10.0 Å². The minimum absolute atomic E-state index is 0.0716. The number of aryl methyl sites for hydroxylation is 2. The average molecular weight is 528 g/mol. The molecule has 3 aromatic rings. The van der Waals surface area contributed by atoms with Crippen molar-refractivity contribution in [2.45, 2.75) is 38.3 Å². The molecule has 36 heavy (non-hydrogen) atoms. The standard InChI is InChI=1S/C27H30ClN3O4S/c1-19-10-11-20(2)25(16-19)31(36(34,35)24-8-6-5-7-9-24)18-26(32)30(21(3)27(33)29-4)17-22-12-14-23(28)15-13-22/h5-16,21H,17-18H2,1-4H3,(H,29,33). The summed E-state index contributed by atoms with van der Waals surface area (Å²) in [5.74, 6) is -0.872. The number of nitrogens with one attached hydrogen (secondary N) is 1. The van der Waals surface area contributed by atoms with Crippen LogP contribution in [0.2, 0.25) is 5.02 Å². The van der Waals surface area contributed by atoms with Gasteiger partial charge in [0, 0.05) is 18.6 Å². The van der Waals surface area contributed by atoms with Crippen LogP contribution < -0.4 is 9.62 Å². The van der Waals surface area contributed by atoms with Gasteiger partial charge >= 0.3 is 0 Å². The molecule has 0 bridgehead atoms. The van der Waals surface area contributed by atoms with Gasteiger partial charge in [-0.25, -0.2) is 8.42 Å². The van der Waals surface area contributed by atoms with Crippen molar-refractivity contribution in [1.29, 1.82) is 0 Å². The first-order valence-corrected chi connectivity index (χ1v) is 13.3. The third-order valence-electron chi connectivity index (χ3n) is 5.92. The average Bonchev–Trinajstić information content (AvgIpc) is 2.87. The lowest BCUT2D eigenvalue weighted by Crippen LogP contribution is -2.50. The first-order valence-electron chi connectivity index (χ1n) is 11.4. The number of hydrogen-bond donors (Lipinski definition) is 1. The Labute approximate surface area is 217 Å². The van der Waals surface area contributed by atoms with Crippen LogP contribution >= 0.6 is 11.6 Å². The number of hydrogen-bond acceptors (Lipinski definition) is 4. The highest BCUT2D eigenvalue weighted by atomic mass is 35.5. The Morgan fingerprint density at radius 2 is 1.61 bits per heavy atom. The van der Waals surface area contributed by atoms with Gasteiger partial charge in [0.1, 0.15) is 12.6 Å². The molecule has 0 fully saturated rings. The Balaban J connectivity index is 2.06. The molecular formula is C27H30ClN3O4S. The molecule has 3 aromatic carbocycles. The monoisotopic (exact) mass is 527 g/mol. The molecule has 190 valence electrons. The number of anilines is 1. The van der Waals surface area contributed by atoms with Gasteiger partial charge in [0.05, 0.1) is 10.6 Å². The van der Waals surface area contributed by atoms with Crippen molar-refractivity contribution in [2.75, 3.05) is 17.9 Å². The van der Waals surface area contributed by atoms with E-state index in [0.29, 0.717) is 16.3 Å². The Kier molecular flexibility index (Phi) is 8.76. The second kappa shape index (κ2) is 11.6. The van der Waals surface area contributed by atoms with Crippen molar-refractivity contribution in [1.82, 2.24) is 10.2 Å². The van der Waals surface area contributed by atoms with Gasteiger partial charge < -0.3 is 10.2 Å². The number of rotatable bonds is 9. The Bertz CT molecular complexity index is 1330. The largest absolute Gasteiger partial charge is 0.357 e. The van der Waals surface area contributed by atoms with Gasteiger partial charge in [-0.05, 0) is 67.8 Å². The summed E-state index contributed by atoms with van der Waals surface area (Å²) in [4.78, 5) is 27.7. The van der Waals surface area contributed by atoms with Crippen LogP contribution in [0.1, 0.15) is 23.6 Å². The minimum Gasteiger partial charge on any atom is -0.357 e. The quantitative estimate of drug-likeness (QED) is 0.449. The zero-order valence-electron chi connectivity index (χ0n) is 20.7. The molecule has 9 heteroatoms. The molecule has 0 aliphatic rings. The molecule has 0 aromatic heterocycles. The fraction of sp³-hybridized carbons (Fsp3) is 0.259. The summed E-state index contributed by atoms with van der Waals surface area (Å²) in [7, 11) is -2.59. The molecule has 0 aliphatic heterocycles. The van der Waals surface area contributed by atoms with E-state index in [4.69, 9.17) is 11.6 Å². The van der Waals surface area contributed by atoms with E-state index in [1.54, 1.807) is 62.4 Å². The van der Waals surface area contributed by atoms with E-state index in [1.165, 1.54) is 24.1 Å². The van der Waals surface area contributed by atoms with Crippen molar-refractivity contribution in [3.05, 3.63) is 94.5 Å². The second-order valence-corrected chi connectivity index (χ2v) is 10.9.